The lowest BCUT2D eigenvalue weighted by molar-refractivity contribution is -0.132. The third-order valence-electron chi connectivity index (χ3n) is 3.11. The summed E-state index contributed by atoms with van der Waals surface area (Å²) in [4.78, 5) is 13.7. The summed E-state index contributed by atoms with van der Waals surface area (Å²) in [5.41, 5.74) is 5.11. The first-order valence-corrected chi connectivity index (χ1v) is 5.84. The van der Waals surface area contributed by atoms with Crippen LogP contribution >= 0.6 is 0 Å². The zero-order valence-electron chi connectivity index (χ0n) is 9.98. The SMILES string of the molecule is C=CCC(N)C(=O)N1CCCC(C)(O)CC1. The van der Waals surface area contributed by atoms with Gasteiger partial charge in [0.2, 0.25) is 5.91 Å². The van der Waals surface area contributed by atoms with Crippen molar-refractivity contribution in [3.05, 3.63) is 12.7 Å². The van der Waals surface area contributed by atoms with E-state index in [2.05, 4.69) is 6.58 Å². The third-order valence-corrected chi connectivity index (χ3v) is 3.11. The van der Waals surface area contributed by atoms with Crippen LogP contribution in [-0.2, 0) is 4.79 Å². The summed E-state index contributed by atoms with van der Waals surface area (Å²) in [6, 6.07) is -0.486. The number of nitrogens with zero attached hydrogens (tertiary/aromatic N) is 1. The third kappa shape index (κ3) is 3.61. The van der Waals surface area contributed by atoms with Crippen molar-refractivity contribution in [2.75, 3.05) is 13.1 Å². The molecule has 0 radical (unpaired) electrons. The van der Waals surface area contributed by atoms with Crippen LogP contribution in [0.4, 0.5) is 0 Å². The highest BCUT2D eigenvalue weighted by Gasteiger charge is 2.28. The maximum atomic E-state index is 11.9. The molecule has 16 heavy (non-hydrogen) atoms. The number of carbonyl (C=O) groups excluding carboxylic acids is 1. The van der Waals surface area contributed by atoms with Gasteiger partial charge in [-0.15, -0.1) is 6.58 Å². The maximum absolute atomic E-state index is 11.9. The van der Waals surface area contributed by atoms with Crippen LogP contribution in [0.1, 0.15) is 32.6 Å². The molecule has 4 nitrogen and oxygen atoms in total. The summed E-state index contributed by atoms with van der Waals surface area (Å²) >= 11 is 0. The Balaban J connectivity index is 2.54. The smallest absolute Gasteiger partial charge is 0.239 e. The minimum absolute atomic E-state index is 0.0300. The van der Waals surface area contributed by atoms with Crippen LogP contribution in [0.15, 0.2) is 12.7 Å². The van der Waals surface area contributed by atoms with E-state index in [9.17, 15) is 9.90 Å². The maximum Gasteiger partial charge on any atom is 0.239 e. The summed E-state index contributed by atoms with van der Waals surface area (Å²) in [6.07, 6.45) is 4.37. The Bertz CT molecular complexity index is 264. The van der Waals surface area contributed by atoms with E-state index < -0.39 is 11.6 Å². The van der Waals surface area contributed by atoms with Gasteiger partial charge in [0.25, 0.3) is 0 Å². The molecule has 1 saturated heterocycles. The number of aliphatic hydroxyl groups is 1. The molecule has 92 valence electrons. The van der Waals surface area contributed by atoms with Crippen LogP contribution in [0, 0.1) is 0 Å². The number of rotatable bonds is 3. The van der Waals surface area contributed by atoms with Gasteiger partial charge >= 0.3 is 0 Å². The van der Waals surface area contributed by atoms with Crippen molar-refractivity contribution < 1.29 is 9.90 Å². The van der Waals surface area contributed by atoms with Crippen molar-refractivity contribution in [1.29, 1.82) is 0 Å². The molecule has 1 heterocycles. The van der Waals surface area contributed by atoms with Crippen molar-refractivity contribution >= 4 is 5.91 Å². The second kappa shape index (κ2) is 5.46. The summed E-state index contributed by atoms with van der Waals surface area (Å²) in [6.45, 7) is 6.69. The van der Waals surface area contributed by atoms with Gasteiger partial charge in [-0.3, -0.25) is 4.79 Å². The Hall–Kier alpha value is -0.870. The van der Waals surface area contributed by atoms with E-state index in [0.29, 0.717) is 25.9 Å². The van der Waals surface area contributed by atoms with Crippen molar-refractivity contribution in [2.24, 2.45) is 5.73 Å². The summed E-state index contributed by atoms with van der Waals surface area (Å²) in [7, 11) is 0. The zero-order chi connectivity index (χ0) is 12.2. The van der Waals surface area contributed by atoms with Gasteiger partial charge in [-0.1, -0.05) is 6.08 Å². The molecule has 0 aliphatic carbocycles. The normalized spacial score (nSPS) is 28.3. The fourth-order valence-corrected chi connectivity index (χ4v) is 2.00. The summed E-state index contributed by atoms with van der Waals surface area (Å²) in [5, 5.41) is 9.91. The van der Waals surface area contributed by atoms with Gasteiger partial charge in [0.1, 0.15) is 0 Å². The Kier molecular flexibility index (Phi) is 4.50. The average Bonchev–Trinajstić information content (AvgIpc) is 2.39. The molecule has 2 atom stereocenters. The molecule has 3 N–H and O–H groups in total. The number of hydrogen-bond acceptors (Lipinski definition) is 3. The van der Waals surface area contributed by atoms with Crippen LogP contribution in [0.3, 0.4) is 0 Å². The molecule has 1 rings (SSSR count). The molecule has 0 aromatic carbocycles. The van der Waals surface area contributed by atoms with Gasteiger partial charge in [-0.05, 0) is 32.6 Å². The van der Waals surface area contributed by atoms with E-state index in [1.54, 1.807) is 11.0 Å². The van der Waals surface area contributed by atoms with Gasteiger partial charge in [-0.25, -0.2) is 0 Å². The van der Waals surface area contributed by atoms with Crippen molar-refractivity contribution in [3.8, 4) is 0 Å². The quantitative estimate of drug-likeness (QED) is 0.694. The van der Waals surface area contributed by atoms with E-state index in [1.807, 2.05) is 6.92 Å². The summed E-state index contributed by atoms with van der Waals surface area (Å²) < 4.78 is 0. The molecule has 0 saturated carbocycles. The number of hydrogen-bond donors (Lipinski definition) is 2. The predicted molar refractivity (Wildman–Crippen MR) is 63.8 cm³/mol. The van der Waals surface area contributed by atoms with Crippen LogP contribution in [0.5, 0.6) is 0 Å². The molecule has 0 aromatic rings. The van der Waals surface area contributed by atoms with E-state index in [1.165, 1.54) is 0 Å². The Morgan fingerprint density at radius 1 is 1.62 bits per heavy atom. The van der Waals surface area contributed by atoms with E-state index in [-0.39, 0.29) is 5.91 Å². The van der Waals surface area contributed by atoms with Gasteiger partial charge < -0.3 is 15.7 Å². The molecule has 4 heteroatoms. The number of likely N-dealkylation sites (tertiary alicyclic amines) is 1. The lowest BCUT2D eigenvalue weighted by atomic mass is 9.98. The molecule has 0 aromatic heterocycles. The molecule has 0 bridgehead atoms. The molecule has 2 unspecified atom stereocenters. The van der Waals surface area contributed by atoms with Crippen LogP contribution in [0.2, 0.25) is 0 Å². The zero-order valence-corrected chi connectivity index (χ0v) is 9.98. The van der Waals surface area contributed by atoms with Gasteiger partial charge in [0.15, 0.2) is 0 Å². The molecule has 1 aliphatic rings. The summed E-state index contributed by atoms with van der Waals surface area (Å²) in [5.74, 6) is -0.0300. The first-order chi connectivity index (χ1) is 7.46. The number of carbonyl (C=O) groups is 1. The Morgan fingerprint density at radius 2 is 2.31 bits per heavy atom. The van der Waals surface area contributed by atoms with Crippen molar-refractivity contribution in [1.82, 2.24) is 4.90 Å². The van der Waals surface area contributed by atoms with Crippen molar-refractivity contribution in [2.45, 2.75) is 44.2 Å². The van der Waals surface area contributed by atoms with Crippen LogP contribution in [0.25, 0.3) is 0 Å². The first-order valence-electron chi connectivity index (χ1n) is 5.84. The minimum Gasteiger partial charge on any atom is -0.390 e. The fraction of sp³-hybridized carbons (Fsp3) is 0.750. The second-order valence-corrected chi connectivity index (χ2v) is 4.81. The monoisotopic (exact) mass is 226 g/mol. The highest BCUT2D eigenvalue weighted by atomic mass is 16.3. The molecular weight excluding hydrogens is 204 g/mol. The molecule has 1 fully saturated rings. The van der Waals surface area contributed by atoms with Gasteiger partial charge in [0.05, 0.1) is 11.6 Å². The number of amides is 1. The van der Waals surface area contributed by atoms with E-state index in [0.717, 1.165) is 12.8 Å². The predicted octanol–water partition coefficient (Wildman–Crippen LogP) is 0.653. The first kappa shape index (κ1) is 13.2. The molecule has 1 amide bonds. The lowest BCUT2D eigenvalue weighted by Crippen LogP contribution is -2.44. The second-order valence-electron chi connectivity index (χ2n) is 4.81. The minimum atomic E-state index is -0.641. The highest BCUT2D eigenvalue weighted by molar-refractivity contribution is 5.81. The number of nitrogens with two attached hydrogens (primary N) is 1. The molecule has 0 spiro atoms. The standard InChI is InChI=1S/C12H22N2O2/c1-3-5-10(13)11(15)14-8-4-6-12(2,16)7-9-14/h3,10,16H,1,4-9,13H2,2H3. The Morgan fingerprint density at radius 3 is 2.94 bits per heavy atom. The van der Waals surface area contributed by atoms with E-state index in [4.69, 9.17) is 5.73 Å². The molecular formula is C12H22N2O2. The van der Waals surface area contributed by atoms with Crippen LogP contribution in [-0.4, -0.2) is 40.6 Å². The van der Waals surface area contributed by atoms with Crippen LogP contribution < -0.4 is 5.73 Å². The van der Waals surface area contributed by atoms with Gasteiger partial charge in [-0.2, -0.15) is 0 Å². The van der Waals surface area contributed by atoms with Crippen molar-refractivity contribution in [3.63, 3.8) is 0 Å². The average molecular weight is 226 g/mol. The largest absolute Gasteiger partial charge is 0.390 e. The Labute approximate surface area is 97.1 Å². The van der Waals surface area contributed by atoms with Gasteiger partial charge in [0, 0.05) is 13.1 Å². The fourth-order valence-electron chi connectivity index (χ4n) is 2.00. The lowest BCUT2D eigenvalue weighted by Gasteiger charge is -2.24. The van der Waals surface area contributed by atoms with E-state index >= 15 is 0 Å². The topological polar surface area (TPSA) is 66.6 Å². The molecule has 1 aliphatic heterocycles. The highest BCUT2D eigenvalue weighted by Crippen LogP contribution is 2.21.